The van der Waals surface area contributed by atoms with Gasteiger partial charge in [0.2, 0.25) is 82.7 Å². The van der Waals surface area contributed by atoms with Crippen molar-refractivity contribution in [1.82, 2.24) is 79.4 Å². The third-order valence-corrected chi connectivity index (χ3v) is 15.9. The van der Waals surface area contributed by atoms with Gasteiger partial charge >= 0.3 is 5.97 Å². The number of amides is 14. The summed E-state index contributed by atoms with van der Waals surface area (Å²) in [7, 11) is 0. The van der Waals surface area contributed by atoms with Gasteiger partial charge in [-0.05, 0) is 94.4 Å². The predicted molar refractivity (Wildman–Crippen MR) is 383 cm³/mol. The number of aliphatic hydroxyl groups excluding tert-OH is 3. The van der Waals surface area contributed by atoms with E-state index in [1.54, 1.807) is 88.5 Å². The fourth-order valence-electron chi connectivity index (χ4n) is 10.3. The van der Waals surface area contributed by atoms with Crippen LogP contribution in [-0.4, -0.2) is 246 Å². The molecule has 0 radical (unpaired) electrons. The lowest BCUT2D eigenvalue weighted by Gasteiger charge is -2.27. The molecule has 0 spiro atoms. The number of aliphatic hydroxyl groups is 3. The van der Waals surface area contributed by atoms with Gasteiger partial charge in [0.05, 0.1) is 46.0 Å². The van der Waals surface area contributed by atoms with Crippen LogP contribution >= 0.6 is 0 Å². The molecule has 0 bridgehead atoms. The number of guanidine groups is 1. The van der Waals surface area contributed by atoms with Crippen molar-refractivity contribution in [3.8, 4) is 0 Å². The molecule has 0 aliphatic rings. The lowest BCUT2D eigenvalue weighted by atomic mass is 10.0. The van der Waals surface area contributed by atoms with Crippen molar-refractivity contribution in [3.05, 3.63) is 71.9 Å². The zero-order valence-corrected chi connectivity index (χ0v) is 60.2. The highest BCUT2D eigenvalue weighted by Gasteiger charge is 2.36. The number of aliphatic imine (C=N–C) groups is 1. The van der Waals surface area contributed by atoms with E-state index in [9.17, 15) is 92.3 Å². The average molecular weight is 1490 g/mol. The maximum Gasteiger partial charge on any atom is 0.325 e. The van der Waals surface area contributed by atoms with E-state index >= 15 is 0 Å². The molecule has 11 atom stereocenters. The van der Waals surface area contributed by atoms with Crippen molar-refractivity contribution >= 4 is 106 Å². The minimum atomic E-state index is -1.80. The molecule has 39 heteroatoms. The number of unbranched alkanes of at least 4 members (excludes halogenated alkanes) is 1. The number of para-hydroxylation sites is 1. The van der Waals surface area contributed by atoms with Gasteiger partial charge in [-0.25, -0.2) is 0 Å². The van der Waals surface area contributed by atoms with Crippen LogP contribution in [0.15, 0.2) is 65.8 Å². The summed E-state index contributed by atoms with van der Waals surface area (Å²) in [5, 5.41) is 74.9. The Morgan fingerprint density at radius 3 is 1.32 bits per heavy atom. The molecule has 0 saturated carbocycles. The first-order valence-corrected chi connectivity index (χ1v) is 34.5. The Labute approximate surface area is 611 Å². The van der Waals surface area contributed by atoms with E-state index in [1.165, 1.54) is 13.8 Å². The van der Waals surface area contributed by atoms with E-state index in [0.29, 0.717) is 41.4 Å². The molecular weight excluding hydrogens is 1390 g/mol. The summed E-state index contributed by atoms with van der Waals surface area (Å²) in [6.45, 7) is 3.92. The van der Waals surface area contributed by atoms with Gasteiger partial charge in [-0.3, -0.25) is 76.9 Å². The normalized spacial score (nSPS) is 14.2. The lowest BCUT2D eigenvalue weighted by Crippen LogP contribution is -2.61. The summed E-state index contributed by atoms with van der Waals surface area (Å²) in [6.07, 6.45) is 2.30. The third-order valence-electron chi connectivity index (χ3n) is 15.9. The number of aromatic amines is 1. The molecule has 106 heavy (non-hydrogen) atoms. The van der Waals surface area contributed by atoms with Crippen molar-refractivity contribution < 1.29 is 92.3 Å². The SMILES string of the molecule is CC(C)CC(NC(=O)CNC(=O)C(CCCN=C(N)N)NC(=O)CNC(=O)C(CCCCN)NC(=O)CN)C(=O)NC(CO)C(=O)NC(CC(C)C)C(=O)NC(CO)C(=O)NC(C)C(=O)NC(Cc1ccccc1)C(=O)NC(CO)C(=O)NC(Cc1c[nH]c2ccccc12)C(=O)NCC(=O)NC(C)C(=O)O. The quantitative estimate of drug-likeness (QED) is 0.0142. The Morgan fingerprint density at radius 1 is 0.425 bits per heavy atom. The van der Waals surface area contributed by atoms with Crippen molar-refractivity contribution in [3.63, 3.8) is 0 Å². The first-order chi connectivity index (χ1) is 50.2. The van der Waals surface area contributed by atoms with Gasteiger partial charge in [-0.15, -0.1) is 0 Å². The molecule has 3 rings (SSSR count). The summed E-state index contributed by atoms with van der Waals surface area (Å²) in [5.41, 5.74) is 23.5. The van der Waals surface area contributed by atoms with Gasteiger partial charge in [-0.2, -0.15) is 0 Å². The Kier molecular flexibility index (Phi) is 39.4. The fourth-order valence-corrected chi connectivity index (χ4v) is 10.3. The second-order valence-electron chi connectivity index (χ2n) is 25.7. The van der Waals surface area contributed by atoms with Crippen LogP contribution in [0.3, 0.4) is 0 Å². The molecular formula is C67H104N20O19. The summed E-state index contributed by atoms with van der Waals surface area (Å²) in [4.78, 5) is 207. The number of benzene rings is 2. The number of H-pyrrole nitrogens is 1. The Morgan fingerprint density at radius 2 is 0.830 bits per heavy atom. The third kappa shape index (κ3) is 32.4. The highest BCUT2D eigenvalue weighted by atomic mass is 16.4. The number of carbonyl (C=O) groups is 15. The number of fused-ring (bicyclic) bond motifs is 1. The lowest BCUT2D eigenvalue weighted by molar-refractivity contribution is -0.141. The maximum absolute atomic E-state index is 14.2. The average Bonchev–Trinajstić information content (AvgIpc) is 1.65. The number of aliphatic carboxylic acids is 1. The van der Waals surface area contributed by atoms with Gasteiger partial charge in [0.1, 0.15) is 66.5 Å². The van der Waals surface area contributed by atoms with Crippen LogP contribution in [0.1, 0.15) is 97.6 Å². The monoisotopic (exact) mass is 1490 g/mol. The molecule has 3 aromatic rings. The zero-order valence-electron chi connectivity index (χ0n) is 60.2. The number of rotatable bonds is 48. The van der Waals surface area contributed by atoms with Gasteiger partial charge in [-0.1, -0.05) is 76.2 Å². The fraction of sp³-hybridized carbons (Fsp3) is 0.552. The topological polar surface area (TPSA) is 638 Å². The summed E-state index contributed by atoms with van der Waals surface area (Å²) in [6, 6.07) is -1.21. The zero-order chi connectivity index (χ0) is 79.2. The molecule has 2 aromatic carbocycles. The molecule has 11 unspecified atom stereocenters. The van der Waals surface area contributed by atoms with Crippen LogP contribution in [-0.2, 0) is 84.8 Å². The van der Waals surface area contributed by atoms with E-state index < -0.39 is 201 Å². The van der Waals surface area contributed by atoms with Gasteiger partial charge < -0.3 is 123 Å². The van der Waals surface area contributed by atoms with Gasteiger partial charge in [0.15, 0.2) is 5.96 Å². The van der Waals surface area contributed by atoms with Crippen LogP contribution in [0.5, 0.6) is 0 Å². The minimum Gasteiger partial charge on any atom is -0.480 e. The van der Waals surface area contributed by atoms with Crippen LogP contribution in [0.2, 0.25) is 0 Å². The van der Waals surface area contributed by atoms with E-state index in [0.717, 1.165) is 0 Å². The molecule has 14 amide bonds. The number of carboxylic acids is 1. The van der Waals surface area contributed by atoms with E-state index in [2.05, 4.69) is 84.4 Å². The Balaban J connectivity index is 1.72. The number of aromatic nitrogens is 1. The number of nitrogens with zero attached hydrogens (tertiary/aromatic N) is 1. The summed E-state index contributed by atoms with van der Waals surface area (Å²) >= 11 is 0. The largest absolute Gasteiger partial charge is 0.480 e. The number of carbonyl (C=O) groups excluding carboxylic acids is 14. The van der Waals surface area contributed by atoms with Crippen LogP contribution in [0.25, 0.3) is 10.9 Å². The second kappa shape index (κ2) is 46.7. The van der Waals surface area contributed by atoms with Crippen LogP contribution in [0.4, 0.5) is 0 Å². The molecule has 586 valence electrons. The molecule has 1 aromatic heterocycles. The Bertz CT molecular complexity index is 3500. The number of hydrogen-bond acceptors (Lipinski definition) is 21. The number of hydrogen-bond donors (Lipinski definition) is 23. The van der Waals surface area contributed by atoms with Crippen LogP contribution in [0, 0.1) is 11.8 Å². The number of carboxylic acid groups (broad SMARTS) is 1. The smallest absolute Gasteiger partial charge is 0.325 e. The standard InChI is InChI=1S/C67H104N20O19/c1-35(2)23-45(81-55(94)31-75-58(97)44(20-14-22-72-67(70)71)80-54(93)30-74-57(96)43(19-12-13-21-68)79-52(91)27-69)60(99)86-50(33-89)64(103)83-46(24-36(3)4)61(100)85-49(32-88)63(102)78-37(5)56(95)82-47(25-39-15-8-7-9-16-39)62(101)87-51(34-90)65(104)84-48(26-40-28-73-42-18-11-10-17-41(40)42)59(98)76-29-53(92)77-38(6)66(105)106/h7-11,15-18,28,35-38,43-51,73,88-90H,12-14,19-27,29-34,68-69H2,1-6H3,(H,74,96)(H,75,97)(H,76,98)(H,77,92)(H,78,102)(H,79,91)(H,80,93)(H,81,94)(H,82,95)(H,83,103)(H,84,104)(H,85,100)(H,86,99)(H,87,101)(H,105,106)(H4,70,71,72). The molecule has 0 fully saturated rings. The highest BCUT2D eigenvalue weighted by Crippen LogP contribution is 2.20. The summed E-state index contributed by atoms with van der Waals surface area (Å²) < 4.78 is 0. The molecule has 0 saturated heterocycles. The van der Waals surface area contributed by atoms with E-state index in [1.807, 2.05) is 0 Å². The number of nitrogens with one attached hydrogen (secondary N) is 15. The van der Waals surface area contributed by atoms with Crippen molar-refractivity contribution in [2.75, 3.05) is 59.1 Å². The van der Waals surface area contributed by atoms with Crippen molar-refractivity contribution in [1.29, 1.82) is 0 Å². The molecule has 39 nitrogen and oxygen atoms in total. The van der Waals surface area contributed by atoms with Crippen LogP contribution < -0.4 is 97.4 Å². The van der Waals surface area contributed by atoms with E-state index in [4.69, 9.17) is 22.9 Å². The second-order valence-corrected chi connectivity index (χ2v) is 25.7. The predicted octanol–water partition coefficient (Wildman–Crippen LogP) is -8.03. The highest BCUT2D eigenvalue weighted by molar-refractivity contribution is 6.00. The first-order valence-electron chi connectivity index (χ1n) is 34.5. The Hall–Kier alpha value is -10.9. The molecule has 0 aliphatic carbocycles. The van der Waals surface area contributed by atoms with Gasteiger partial charge in [0, 0.05) is 36.5 Å². The first kappa shape index (κ1) is 89.3. The molecule has 0 aliphatic heterocycles. The van der Waals surface area contributed by atoms with Gasteiger partial charge in [0.25, 0.3) is 0 Å². The summed E-state index contributed by atoms with van der Waals surface area (Å²) in [5.74, 6) is -15.3. The van der Waals surface area contributed by atoms with E-state index in [-0.39, 0.29) is 69.3 Å². The molecule has 27 N–H and O–H groups in total. The molecule has 1 heterocycles. The number of nitrogens with two attached hydrogens (primary N) is 4. The maximum atomic E-state index is 14.2. The van der Waals surface area contributed by atoms with Crippen molar-refractivity contribution in [2.24, 2.45) is 39.8 Å². The minimum absolute atomic E-state index is 0.0373. The van der Waals surface area contributed by atoms with Crippen molar-refractivity contribution in [2.45, 2.75) is 166 Å².